The molecule has 1 saturated heterocycles. The van der Waals surface area contributed by atoms with E-state index < -0.39 is 6.10 Å². The smallest absolute Gasteiger partial charge is 0.128 e. The Hall–Kier alpha value is -2.07. The first-order valence-corrected chi connectivity index (χ1v) is 7.43. The quantitative estimate of drug-likeness (QED) is 0.939. The number of aromatic nitrogens is 1. The molecule has 1 atom stereocenters. The lowest BCUT2D eigenvalue weighted by atomic mass is 10.1. The molecule has 2 heterocycles. The maximum atomic E-state index is 9.92. The minimum atomic E-state index is -0.435. The molecular weight excluding hydrogens is 262 g/mol. The number of aliphatic hydroxyl groups excluding tert-OH is 1. The summed E-state index contributed by atoms with van der Waals surface area (Å²) in [5, 5.41) is 9.92. The van der Waals surface area contributed by atoms with E-state index in [9.17, 15) is 5.11 Å². The first kappa shape index (κ1) is 13.9. The predicted octanol–water partition coefficient (Wildman–Crippen LogP) is 2.46. The number of nitrogens with zero attached hydrogens (tertiary/aromatic N) is 3. The normalized spacial score (nSPS) is 16.9. The fourth-order valence-corrected chi connectivity index (χ4v) is 2.85. The molecule has 2 aromatic rings. The lowest BCUT2D eigenvalue weighted by molar-refractivity contribution is 0.199. The minimum Gasteiger partial charge on any atom is -0.389 e. The molecule has 1 aromatic heterocycles. The average molecular weight is 283 g/mol. The van der Waals surface area contributed by atoms with E-state index in [0.717, 1.165) is 43.2 Å². The zero-order chi connectivity index (χ0) is 14.7. The van der Waals surface area contributed by atoms with Gasteiger partial charge in [0.05, 0.1) is 6.10 Å². The second-order valence-corrected chi connectivity index (χ2v) is 5.40. The Morgan fingerprint density at radius 3 is 2.29 bits per heavy atom. The number of hydrogen-bond donors (Lipinski definition) is 1. The van der Waals surface area contributed by atoms with Crippen LogP contribution in [0.25, 0.3) is 0 Å². The number of piperazine rings is 1. The zero-order valence-corrected chi connectivity index (χ0v) is 12.3. The highest BCUT2D eigenvalue weighted by Gasteiger charge is 2.20. The van der Waals surface area contributed by atoms with Crippen molar-refractivity contribution in [1.82, 2.24) is 4.98 Å². The number of pyridine rings is 1. The molecule has 21 heavy (non-hydrogen) atoms. The van der Waals surface area contributed by atoms with Crippen molar-refractivity contribution in [3.8, 4) is 0 Å². The van der Waals surface area contributed by atoms with Crippen LogP contribution in [0.4, 0.5) is 11.5 Å². The second-order valence-electron chi connectivity index (χ2n) is 5.40. The van der Waals surface area contributed by atoms with Crippen LogP contribution in [0.5, 0.6) is 0 Å². The largest absolute Gasteiger partial charge is 0.389 e. The molecule has 1 N–H and O–H groups in total. The lowest BCUT2D eigenvalue weighted by Crippen LogP contribution is -2.47. The van der Waals surface area contributed by atoms with Gasteiger partial charge in [-0.15, -0.1) is 0 Å². The van der Waals surface area contributed by atoms with Crippen molar-refractivity contribution in [3.63, 3.8) is 0 Å². The molecule has 0 saturated carbocycles. The number of benzene rings is 1. The SMILES string of the molecule is C[C@@H](O)c1ccccc1N1CCN(c2ccccn2)CC1. The van der Waals surface area contributed by atoms with Crippen LogP contribution >= 0.6 is 0 Å². The Balaban J connectivity index is 1.72. The van der Waals surface area contributed by atoms with Gasteiger partial charge in [-0.2, -0.15) is 0 Å². The van der Waals surface area contributed by atoms with Gasteiger partial charge >= 0.3 is 0 Å². The number of rotatable bonds is 3. The minimum absolute atomic E-state index is 0.435. The van der Waals surface area contributed by atoms with E-state index in [1.807, 2.05) is 43.5 Å². The Kier molecular flexibility index (Phi) is 4.06. The maximum absolute atomic E-state index is 9.92. The van der Waals surface area contributed by atoms with Crippen molar-refractivity contribution in [2.24, 2.45) is 0 Å². The Labute approximate surface area is 125 Å². The Bertz CT molecular complexity index is 578. The number of para-hydroxylation sites is 1. The van der Waals surface area contributed by atoms with Gasteiger partial charge in [0.25, 0.3) is 0 Å². The summed E-state index contributed by atoms with van der Waals surface area (Å²) < 4.78 is 0. The van der Waals surface area contributed by atoms with Crippen LogP contribution in [-0.4, -0.2) is 36.3 Å². The van der Waals surface area contributed by atoms with Crippen LogP contribution in [0.15, 0.2) is 48.7 Å². The number of aliphatic hydroxyl groups is 1. The summed E-state index contributed by atoms with van der Waals surface area (Å²) in [6.45, 7) is 5.61. The van der Waals surface area contributed by atoms with E-state index in [1.165, 1.54) is 0 Å². The van der Waals surface area contributed by atoms with Crippen molar-refractivity contribution in [1.29, 1.82) is 0 Å². The molecule has 1 aromatic carbocycles. The summed E-state index contributed by atoms with van der Waals surface area (Å²) in [4.78, 5) is 9.07. The van der Waals surface area contributed by atoms with Crippen LogP contribution in [0.2, 0.25) is 0 Å². The highest BCUT2D eigenvalue weighted by molar-refractivity contribution is 5.56. The highest BCUT2D eigenvalue weighted by atomic mass is 16.3. The molecule has 0 amide bonds. The number of anilines is 2. The highest BCUT2D eigenvalue weighted by Crippen LogP contribution is 2.27. The van der Waals surface area contributed by atoms with Gasteiger partial charge in [0.2, 0.25) is 0 Å². The van der Waals surface area contributed by atoms with Crippen LogP contribution in [-0.2, 0) is 0 Å². The fraction of sp³-hybridized carbons (Fsp3) is 0.353. The van der Waals surface area contributed by atoms with Crippen LogP contribution < -0.4 is 9.80 Å². The average Bonchev–Trinajstić information content (AvgIpc) is 2.56. The molecule has 110 valence electrons. The van der Waals surface area contributed by atoms with Gasteiger partial charge in [-0.05, 0) is 25.1 Å². The van der Waals surface area contributed by atoms with Gasteiger partial charge in [0.15, 0.2) is 0 Å². The van der Waals surface area contributed by atoms with E-state index in [0.29, 0.717) is 0 Å². The van der Waals surface area contributed by atoms with Crippen LogP contribution in [0, 0.1) is 0 Å². The summed E-state index contributed by atoms with van der Waals surface area (Å²) in [7, 11) is 0. The third-order valence-corrected chi connectivity index (χ3v) is 3.98. The molecule has 0 radical (unpaired) electrons. The third kappa shape index (κ3) is 3.00. The monoisotopic (exact) mass is 283 g/mol. The first-order chi connectivity index (χ1) is 10.3. The number of hydrogen-bond acceptors (Lipinski definition) is 4. The third-order valence-electron chi connectivity index (χ3n) is 3.98. The first-order valence-electron chi connectivity index (χ1n) is 7.43. The van der Waals surface area contributed by atoms with Crippen molar-refractivity contribution >= 4 is 11.5 Å². The molecule has 0 bridgehead atoms. The second kappa shape index (κ2) is 6.14. The van der Waals surface area contributed by atoms with Gasteiger partial charge < -0.3 is 14.9 Å². The summed E-state index contributed by atoms with van der Waals surface area (Å²) in [5.74, 6) is 1.04. The molecule has 0 spiro atoms. The van der Waals surface area contributed by atoms with E-state index >= 15 is 0 Å². The van der Waals surface area contributed by atoms with Gasteiger partial charge in [-0.25, -0.2) is 4.98 Å². The van der Waals surface area contributed by atoms with E-state index in [4.69, 9.17) is 0 Å². The van der Waals surface area contributed by atoms with E-state index in [1.54, 1.807) is 0 Å². The molecule has 3 rings (SSSR count). The Morgan fingerprint density at radius 2 is 1.62 bits per heavy atom. The van der Waals surface area contributed by atoms with Crippen LogP contribution in [0.1, 0.15) is 18.6 Å². The topological polar surface area (TPSA) is 39.6 Å². The summed E-state index contributed by atoms with van der Waals surface area (Å²) in [6.07, 6.45) is 1.40. The summed E-state index contributed by atoms with van der Waals surface area (Å²) in [6, 6.07) is 14.1. The molecule has 4 nitrogen and oxygen atoms in total. The molecule has 0 aliphatic carbocycles. The van der Waals surface area contributed by atoms with E-state index in [2.05, 4.69) is 26.9 Å². The van der Waals surface area contributed by atoms with Gasteiger partial charge in [0, 0.05) is 43.6 Å². The summed E-state index contributed by atoms with van der Waals surface area (Å²) >= 11 is 0. The molecule has 1 aliphatic heterocycles. The van der Waals surface area contributed by atoms with Crippen molar-refractivity contribution in [3.05, 3.63) is 54.2 Å². The lowest BCUT2D eigenvalue weighted by Gasteiger charge is -2.37. The summed E-state index contributed by atoms with van der Waals surface area (Å²) in [5.41, 5.74) is 2.15. The van der Waals surface area contributed by atoms with Gasteiger partial charge in [0.1, 0.15) is 5.82 Å². The van der Waals surface area contributed by atoms with Crippen molar-refractivity contribution in [2.75, 3.05) is 36.0 Å². The maximum Gasteiger partial charge on any atom is 0.128 e. The van der Waals surface area contributed by atoms with E-state index in [-0.39, 0.29) is 0 Å². The van der Waals surface area contributed by atoms with Crippen molar-refractivity contribution in [2.45, 2.75) is 13.0 Å². The predicted molar refractivity (Wildman–Crippen MR) is 85.7 cm³/mol. The van der Waals surface area contributed by atoms with Gasteiger partial charge in [-0.1, -0.05) is 24.3 Å². The standard InChI is InChI=1S/C17H21N3O/c1-14(21)15-6-2-3-7-16(15)19-10-12-20(13-11-19)17-8-4-5-9-18-17/h2-9,14,21H,10-13H2,1H3/t14-/m1/s1. The van der Waals surface area contributed by atoms with Gasteiger partial charge in [-0.3, -0.25) is 0 Å². The zero-order valence-electron chi connectivity index (χ0n) is 12.3. The fourth-order valence-electron chi connectivity index (χ4n) is 2.85. The molecular formula is C17H21N3O. The van der Waals surface area contributed by atoms with Crippen molar-refractivity contribution < 1.29 is 5.11 Å². The Morgan fingerprint density at radius 1 is 0.952 bits per heavy atom. The molecule has 0 unspecified atom stereocenters. The molecule has 4 heteroatoms. The molecule has 1 aliphatic rings. The molecule has 1 fully saturated rings. The van der Waals surface area contributed by atoms with Crippen LogP contribution in [0.3, 0.4) is 0 Å².